The van der Waals surface area contributed by atoms with Crippen molar-refractivity contribution in [3.63, 3.8) is 0 Å². The summed E-state index contributed by atoms with van der Waals surface area (Å²) in [6.45, 7) is 9.13. The fraction of sp³-hybridized carbons (Fsp3) is 0.643. The second kappa shape index (κ2) is 5.26. The largest absolute Gasteiger partial charge is 0.383 e. The van der Waals surface area contributed by atoms with Gasteiger partial charge in [0.25, 0.3) is 0 Å². The van der Waals surface area contributed by atoms with E-state index in [0.717, 1.165) is 36.6 Å². The first-order valence-corrected chi connectivity index (χ1v) is 7.06. The smallest absolute Gasteiger partial charge is 0.245 e. The third-order valence-corrected chi connectivity index (χ3v) is 3.78. The van der Waals surface area contributed by atoms with Crippen LogP contribution in [0.1, 0.15) is 38.6 Å². The van der Waals surface area contributed by atoms with E-state index in [0.29, 0.717) is 12.4 Å². The molecule has 0 radical (unpaired) electrons. The van der Waals surface area contributed by atoms with E-state index in [9.17, 15) is 4.79 Å². The summed E-state index contributed by atoms with van der Waals surface area (Å²) >= 11 is 0. The Balaban J connectivity index is 2.47. The Hall–Kier alpha value is -1.85. The summed E-state index contributed by atoms with van der Waals surface area (Å²) in [6.07, 6.45) is 1.75. The minimum atomic E-state index is -0.632. The molecule has 6 heteroatoms. The van der Waals surface area contributed by atoms with E-state index in [1.165, 1.54) is 0 Å². The highest BCUT2D eigenvalue weighted by Gasteiger charge is 2.39. The van der Waals surface area contributed by atoms with Gasteiger partial charge in [0, 0.05) is 25.1 Å². The van der Waals surface area contributed by atoms with E-state index >= 15 is 0 Å². The molecule has 1 amide bonds. The summed E-state index contributed by atoms with van der Waals surface area (Å²) in [5.41, 5.74) is 6.21. The maximum atomic E-state index is 12.1. The first-order valence-electron chi connectivity index (χ1n) is 7.06. The maximum absolute atomic E-state index is 12.1. The lowest BCUT2D eigenvalue weighted by Gasteiger charge is -2.42. The van der Waals surface area contributed by atoms with Gasteiger partial charge in [-0.25, -0.2) is 9.97 Å². The summed E-state index contributed by atoms with van der Waals surface area (Å²) in [7, 11) is 0. The van der Waals surface area contributed by atoms with Crippen LogP contribution in [0.5, 0.6) is 0 Å². The van der Waals surface area contributed by atoms with E-state index in [-0.39, 0.29) is 5.91 Å². The van der Waals surface area contributed by atoms with Crippen molar-refractivity contribution in [1.29, 1.82) is 0 Å². The number of carbonyl (C=O) groups excluding carboxylic acids is 1. The van der Waals surface area contributed by atoms with Crippen LogP contribution in [0.15, 0.2) is 0 Å². The summed E-state index contributed by atoms with van der Waals surface area (Å²) in [6, 6.07) is 0. The van der Waals surface area contributed by atoms with Gasteiger partial charge in [0.15, 0.2) is 0 Å². The number of nitrogens with two attached hydrogens (primary N) is 1. The standard InChI is InChI=1S/C14H23N5O/c1-5-6-10-17-11(15)9(2)12(18-10)19-8-7-16-13(20)14(19,3)4/h5-8H2,1-4H3,(H,16,20)(H2,15,17,18). The van der Waals surface area contributed by atoms with Crippen molar-refractivity contribution in [2.24, 2.45) is 0 Å². The molecule has 0 spiro atoms. The van der Waals surface area contributed by atoms with E-state index in [2.05, 4.69) is 22.2 Å². The molecular formula is C14H23N5O. The predicted molar refractivity (Wildman–Crippen MR) is 79.6 cm³/mol. The lowest BCUT2D eigenvalue weighted by atomic mass is 9.98. The average Bonchev–Trinajstić information content (AvgIpc) is 2.38. The van der Waals surface area contributed by atoms with Crippen molar-refractivity contribution in [2.75, 3.05) is 23.7 Å². The van der Waals surface area contributed by atoms with Crippen molar-refractivity contribution >= 4 is 17.5 Å². The summed E-state index contributed by atoms with van der Waals surface area (Å²) in [4.78, 5) is 23.1. The number of piperazine rings is 1. The van der Waals surface area contributed by atoms with Crippen LogP contribution in [-0.2, 0) is 11.2 Å². The molecule has 3 N–H and O–H groups in total. The number of hydrogen-bond donors (Lipinski definition) is 2. The van der Waals surface area contributed by atoms with Gasteiger partial charge in [-0.15, -0.1) is 0 Å². The normalized spacial score (nSPS) is 18.0. The van der Waals surface area contributed by atoms with Crippen LogP contribution in [0.4, 0.5) is 11.6 Å². The molecule has 1 aliphatic rings. The predicted octanol–water partition coefficient (Wildman–Crippen LogP) is 1.03. The molecule has 0 aliphatic carbocycles. The molecule has 1 aromatic heterocycles. The quantitative estimate of drug-likeness (QED) is 0.862. The Morgan fingerprint density at radius 2 is 2.10 bits per heavy atom. The van der Waals surface area contributed by atoms with Crippen LogP contribution in [0, 0.1) is 6.92 Å². The molecule has 6 nitrogen and oxygen atoms in total. The number of aromatic nitrogens is 2. The molecule has 0 atom stereocenters. The molecule has 2 heterocycles. The fourth-order valence-electron chi connectivity index (χ4n) is 2.44. The van der Waals surface area contributed by atoms with Gasteiger partial charge < -0.3 is 16.0 Å². The number of rotatable bonds is 3. The van der Waals surface area contributed by atoms with Gasteiger partial charge in [-0.2, -0.15) is 0 Å². The molecule has 0 aromatic carbocycles. The number of nitrogens with zero attached hydrogens (tertiary/aromatic N) is 3. The van der Waals surface area contributed by atoms with Crippen LogP contribution in [0.2, 0.25) is 0 Å². The zero-order valence-corrected chi connectivity index (χ0v) is 12.7. The van der Waals surface area contributed by atoms with Gasteiger partial charge in [-0.1, -0.05) is 6.92 Å². The maximum Gasteiger partial charge on any atom is 0.245 e. The Morgan fingerprint density at radius 3 is 2.75 bits per heavy atom. The number of nitrogens with one attached hydrogen (secondary N) is 1. The molecule has 0 saturated carbocycles. The second-order valence-corrected chi connectivity index (χ2v) is 5.69. The van der Waals surface area contributed by atoms with Crippen LogP contribution in [-0.4, -0.2) is 34.5 Å². The molecule has 1 fully saturated rings. The topological polar surface area (TPSA) is 84.1 Å². The summed E-state index contributed by atoms with van der Waals surface area (Å²) in [5.74, 6) is 2.03. The Morgan fingerprint density at radius 1 is 1.40 bits per heavy atom. The third kappa shape index (κ3) is 2.42. The molecular weight excluding hydrogens is 254 g/mol. The van der Waals surface area contributed by atoms with Crippen LogP contribution < -0.4 is 16.0 Å². The fourth-order valence-corrected chi connectivity index (χ4v) is 2.44. The van der Waals surface area contributed by atoms with Gasteiger partial charge >= 0.3 is 0 Å². The van der Waals surface area contributed by atoms with E-state index in [1.807, 2.05) is 25.7 Å². The summed E-state index contributed by atoms with van der Waals surface area (Å²) < 4.78 is 0. The molecule has 0 unspecified atom stereocenters. The highest BCUT2D eigenvalue weighted by atomic mass is 16.2. The van der Waals surface area contributed by atoms with E-state index < -0.39 is 5.54 Å². The minimum Gasteiger partial charge on any atom is -0.383 e. The van der Waals surface area contributed by atoms with Gasteiger partial charge in [0.2, 0.25) is 5.91 Å². The zero-order chi connectivity index (χ0) is 14.9. The SMILES string of the molecule is CCCc1nc(N)c(C)c(N2CCNC(=O)C2(C)C)n1. The number of carbonyl (C=O) groups is 1. The monoisotopic (exact) mass is 277 g/mol. The Labute approximate surface area is 119 Å². The summed E-state index contributed by atoms with van der Waals surface area (Å²) in [5, 5.41) is 2.89. The van der Waals surface area contributed by atoms with Crippen molar-refractivity contribution in [3.05, 3.63) is 11.4 Å². The van der Waals surface area contributed by atoms with Gasteiger partial charge in [0.05, 0.1) is 0 Å². The number of anilines is 2. The lowest BCUT2D eigenvalue weighted by molar-refractivity contribution is -0.126. The van der Waals surface area contributed by atoms with Crippen molar-refractivity contribution in [3.8, 4) is 0 Å². The highest BCUT2D eigenvalue weighted by molar-refractivity contribution is 5.90. The highest BCUT2D eigenvalue weighted by Crippen LogP contribution is 2.29. The molecule has 1 aromatic rings. The van der Waals surface area contributed by atoms with Crippen molar-refractivity contribution in [2.45, 2.75) is 46.1 Å². The van der Waals surface area contributed by atoms with E-state index in [1.54, 1.807) is 0 Å². The van der Waals surface area contributed by atoms with E-state index in [4.69, 9.17) is 5.73 Å². The van der Waals surface area contributed by atoms with Gasteiger partial charge in [0.1, 0.15) is 23.0 Å². The molecule has 0 bridgehead atoms. The Kier molecular flexibility index (Phi) is 3.83. The molecule has 1 saturated heterocycles. The molecule has 1 aliphatic heterocycles. The number of aryl methyl sites for hydroxylation is 1. The van der Waals surface area contributed by atoms with Gasteiger partial charge in [-0.3, -0.25) is 4.79 Å². The van der Waals surface area contributed by atoms with Crippen LogP contribution >= 0.6 is 0 Å². The first-order chi connectivity index (χ1) is 9.37. The molecule has 20 heavy (non-hydrogen) atoms. The van der Waals surface area contributed by atoms with Crippen molar-refractivity contribution < 1.29 is 4.79 Å². The Bertz CT molecular complexity index is 527. The minimum absolute atomic E-state index is 0.0115. The molecule has 110 valence electrons. The zero-order valence-electron chi connectivity index (χ0n) is 12.7. The first kappa shape index (κ1) is 14.6. The third-order valence-electron chi connectivity index (χ3n) is 3.78. The van der Waals surface area contributed by atoms with Crippen molar-refractivity contribution in [1.82, 2.24) is 15.3 Å². The number of nitrogen functional groups attached to an aromatic ring is 1. The van der Waals surface area contributed by atoms with Crippen LogP contribution in [0.25, 0.3) is 0 Å². The lowest BCUT2D eigenvalue weighted by Crippen LogP contribution is -2.62. The average molecular weight is 277 g/mol. The number of hydrogen-bond acceptors (Lipinski definition) is 5. The second-order valence-electron chi connectivity index (χ2n) is 5.69. The van der Waals surface area contributed by atoms with Gasteiger partial charge in [-0.05, 0) is 27.2 Å². The van der Waals surface area contributed by atoms with Crippen LogP contribution in [0.3, 0.4) is 0 Å². The number of amides is 1. The molecule has 2 rings (SSSR count).